The monoisotopic (exact) mass is 781 g/mol. The van der Waals surface area contributed by atoms with Gasteiger partial charge >= 0.3 is 0 Å². The summed E-state index contributed by atoms with van der Waals surface area (Å²) in [6.45, 7) is 0. The van der Waals surface area contributed by atoms with Gasteiger partial charge in [0, 0.05) is 16.9 Å². The maximum Gasteiger partial charge on any atom is 0.179 e. The highest BCUT2D eigenvalue weighted by atomic mass is 28.3. The number of rotatable bonds is 10. The summed E-state index contributed by atoms with van der Waals surface area (Å²) in [7, 11) is -2.71. The lowest BCUT2D eigenvalue weighted by molar-refractivity contribution is 1.28. The van der Waals surface area contributed by atoms with Gasteiger partial charge in [-0.3, -0.25) is 0 Å². The maximum atomic E-state index is 2.44. The molecule has 0 saturated heterocycles. The minimum Gasteiger partial charge on any atom is -0.310 e. The van der Waals surface area contributed by atoms with E-state index >= 15 is 0 Å². The van der Waals surface area contributed by atoms with Gasteiger partial charge in [0.25, 0.3) is 0 Å². The SMILES string of the molecule is c1ccc(-c2ccc(N(c3ccc(-c4ccc([Si](c5ccccc5)(c5ccccc5)c5ccc6ccccc6c5)cc4)cc3)c3ccccc3-c3ccccc3)cc2)cc1. The quantitative estimate of drug-likeness (QED) is 0.0987. The summed E-state index contributed by atoms with van der Waals surface area (Å²) < 4.78 is 0. The molecule has 0 aliphatic heterocycles. The van der Waals surface area contributed by atoms with Crippen LogP contribution in [0.4, 0.5) is 17.1 Å². The van der Waals surface area contributed by atoms with Gasteiger partial charge in [-0.15, -0.1) is 0 Å². The molecule has 0 spiro atoms. The van der Waals surface area contributed by atoms with E-state index in [4.69, 9.17) is 0 Å². The molecule has 0 radical (unpaired) electrons. The highest BCUT2D eigenvalue weighted by Crippen LogP contribution is 2.41. The molecule has 0 atom stereocenters. The van der Waals surface area contributed by atoms with Crippen molar-refractivity contribution in [3.05, 3.63) is 261 Å². The predicted octanol–water partition coefficient (Wildman–Crippen LogP) is 12.7. The van der Waals surface area contributed by atoms with E-state index in [1.807, 2.05) is 0 Å². The Morgan fingerprint density at radius 3 is 1.18 bits per heavy atom. The molecule has 60 heavy (non-hydrogen) atoms. The van der Waals surface area contributed by atoms with Gasteiger partial charge in [-0.1, -0.05) is 231 Å². The maximum absolute atomic E-state index is 2.71. The van der Waals surface area contributed by atoms with Crippen LogP contribution in [0.5, 0.6) is 0 Å². The molecule has 0 heterocycles. The van der Waals surface area contributed by atoms with Crippen LogP contribution in [0, 0.1) is 0 Å². The van der Waals surface area contributed by atoms with E-state index in [2.05, 4.69) is 266 Å². The van der Waals surface area contributed by atoms with Crippen LogP contribution in [0.1, 0.15) is 0 Å². The Morgan fingerprint density at radius 1 is 0.250 bits per heavy atom. The first-order valence-corrected chi connectivity index (χ1v) is 22.7. The molecule has 0 saturated carbocycles. The summed E-state index contributed by atoms with van der Waals surface area (Å²) in [5.74, 6) is 0. The van der Waals surface area contributed by atoms with Gasteiger partial charge in [0.15, 0.2) is 8.07 Å². The van der Waals surface area contributed by atoms with E-state index < -0.39 is 8.07 Å². The van der Waals surface area contributed by atoms with E-state index in [0.29, 0.717) is 0 Å². The predicted molar refractivity (Wildman–Crippen MR) is 259 cm³/mol. The molecule has 0 fully saturated rings. The molecule has 10 aromatic carbocycles. The van der Waals surface area contributed by atoms with E-state index in [0.717, 1.165) is 17.1 Å². The third-order valence-corrected chi connectivity index (χ3v) is 16.6. The Morgan fingerprint density at radius 2 is 0.633 bits per heavy atom. The van der Waals surface area contributed by atoms with Crippen LogP contribution in [0.2, 0.25) is 0 Å². The number of para-hydroxylation sites is 1. The average molecular weight is 782 g/mol. The lowest BCUT2D eigenvalue weighted by Crippen LogP contribution is -2.74. The van der Waals surface area contributed by atoms with Crippen LogP contribution in [-0.4, -0.2) is 8.07 Å². The van der Waals surface area contributed by atoms with Crippen LogP contribution >= 0.6 is 0 Å². The van der Waals surface area contributed by atoms with Gasteiger partial charge < -0.3 is 4.90 Å². The van der Waals surface area contributed by atoms with Crippen LogP contribution in [0.15, 0.2) is 261 Å². The Balaban J connectivity index is 1.06. The molecule has 0 bridgehead atoms. The Hall–Kier alpha value is -7.52. The number of anilines is 3. The largest absolute Gasteiger partial charge is 0.310 e. The van der Waals surface area contributed by atoms with Crippen molar-refractivity contribution in [2.75, 3.05) is 4.90 Å². The van der Waals surface area contributed by atoms with Crippen LogP contribution in [0.3, 0.4) is 0 Å². The fourth-order valence-electron chi connectivity index (χ4n) is 8.91. The van der Waals surface area contributed by atoms with Crippen molar-refractivity contribution < 1.29 is 0 Å². The molecular formula is C58H43NSi. The number of hydrogen-bond donors (Lipinski definition) is 0. The van der Waals surface area contributed by atoms with Crippen molar-refractivity contribution in [3.63, 3.8) is 0 Å². The van der Waals surface area contributed by atoms with E-state index in [1.54, 1.807) is 0 Å². The van der Waals surface area contributed by atoms with E-state index in [1.165, 1.54) is 64.9 Å². The van der Waals surface area contributed by atoms with Gasteiger partial charge in [-0.2, -0.15) is 0 Å². The first-order chi connectivity index (χ1) is 29.8. The second-order valence-corrected chi connectivity index (χ2v) is 19.1. The van der Waals surface area contributed by atoms with Gasteiger partial charge in [0.05, 0.1) is 5.69 Å². The molecule has 0 unspecified atom stereocenters. The number of nitrogens with zero attached hydrogens (tertiary/aromatic N) is 1. The van der Waals surface area contributed by atoms with E-state index in [9.17, 15) is 0 Å². The third-order valence-electron chi connectivity index (χ3n) is 11.8. The minimum absolute atomic E-state index is 1.10. The normalized spacial score (nSPS) is 11.3. The summed E-state index contributed by atoms with van der Waals surface area (Å²) in [6.07, 6.45) is 0. The summed E-state index contributed by atoms with van der Waals surface area (Å²) in [6, 6.07) is 95.5. The van der Waals surface area contributed by atoms with E-state index in [-0.39, 0.29) is 0 Å². The Labute approximate surface area is 354 Å². The molecule has 0 N–H and O–H groups in total. The van der Waals surface area contributed by atoms with Crippen molar-refractivity contribution >= 4 is 56.7 Å². The molecule has 284 valence electrons. The molecule has 2 heteroatoms. The minimum atomic E-state index is -2.71. The summed E-state index contributed by atoms with van der Waals surface area (Å²) in [5, 5.41) is 8.01. The van der Waals surface area contributed by atoms with Gasteiger partial charge in [0.1, 0.15) is 0 Å². The van der Waals surface area contributed by atoms with Crippen LogP contribution in [-0.2, 0) is 0 Å². The van der Waals surface area contributed by atoms with Crippen LogP contribution in [0.25, 0.3) is 44.2 Å². The topological polar surface area (TPSA) is 3.24 Å². The van der Waals surface area contributed by atoms with Gasteiger partial charge in [-0.25, -0.2) is 0 Å². The fraction of sp³-hybridized carbons (Fsp3) is 0. The summed E-state index contributed by atoms with van der Waals surface area (Å²) >= 11 is 0. The second-order valence-electron chi connectivity index (χ2n) is 15.3. The highest BCUT2D eigenvalue weighted by molar-refractivity contribution is 7.20. The highest BCUT2D eigenvalue weighted by Gasteiger charge is 2.41. The lowest BCUT2D eigenvalue weighted by Gasteiger charge is -2.34. The average Bonchev–Trinajstić information content (AvgIpc) is 3.34. The van der Waals surface area contributed by atoms with Gasteiger partial charge in [0.2, 0.25) is 0 Å². The summed E-state index contributed by atoms with van der Waals surface area (Å²) in [4.78, 5) is 2.38. The van der Waals surface area contributed by atoms with Crippen molar-refractivity contribution in [2.45, 2.75) is 0 Å². The Bertz CT molecular complexity index is 2940. The molecule has 1 nitrogen and oxygen atoms in total. The lowest BCUT2D eigenvalue weighted by atomic mass is 10.0. The molecule has 0 aliphatic rings. The smallest absolute Gasteiger partial charge is 0.179 e. The third kappa shape index (κ3) is 6.94. The molecule has 0 aromatic heterocycles. The van der Waals surface area contributed by atoms with Gasteiger partial charge in [-0.05, 0) is 89.7 Å². The molecule has 0 amide bonds. The number of benzene rings is 10. The molecular weight excluding hydrogens is 739 g/mol. The van der Waals surface area contributed by atoms with Crippen molar-refractivity contribution in [3.8, 4) is 33.4 Å². The number of fused-ring (bicyclic) bond motifs is 1. The number of hydrogen-bond acceptors (Lipinski definition) is 1. The Kier molecular flexibility index (Phi) is 10.0. The molecule has 0 aliphatic carbocycles. The standard InChI is InChI=1S/C58H43NSi/c1-5-17-44(18-6-1)46-29-36-51(37-30-46)59(58-28-16-15-27-57(58)49-20-7-2-8-21-49)52-38-31-47(32-39-52)48-33-40-55(41-34-48)60(53-23-9-3-10-24-53,54-25-11-4-12-26-54)56-42-35-45-19-13-14-22-50(45)43-56/h1-43H. The van der Waals surface area contributed by atoms with Crippen molar-refractivity contribution in [1.82, 2.24) is 0 Å². The van der Waals surface area contributed by atoms with Crippen molar-refractivity contribution in [1.29, 1.82) is 0 Å². The second kappa shape index (κ2) is 16.4. The zero-order valence-electron chi connectivity index (χ0n) is 33.3. The summed E-state index contributed by atoms with van der Waals surface area (Å²) in [5.41, 5.74) is 10.5. The zero-order chi connectivity index (χ0) is 40.1. The fourth-order valence-corrected chi connectivity index (χ4v) is 13.7. The first-order valence-electron chi connectivity index (χ1n) is 20.7. The molecule has 10 aromatic rings. The van der Waals surface area contributed by atoms with Crippen molar-refractivity contribution in [2.24, 2.45) is 0 Å². The first kappa shape index (κ1) is 36.8. The van der Waals surface area contributed by atoms with Crippen LogP contribution < -0.4 is 25.6 Å². The molecule has 10 rings (SSSR count). The zero-order valence-corrected chi connectivity index (χ0v) is 34.3.